The number of nitrogens with zero attached hydrogens (tertiary/aromatic N) is 3. The van der Waals surface area contributed by atoms with Crippen molar-refractivity contribution in [3.63, 3.8) is 0 Å². The topological polar surface area (TPSA) is 29.0 Å². The molecule has 0 bridgehead atoms. The van der Waals surface area contributed by atoms with Gasteiger partial charge in [-0.25, -0.2) is 9.97 Å². The van der Waals surface area contributed by atoms with Gasteiger partial charge in [0.05, 0.1) is 0 Å². The first-order valence-electron chi connectivity index (χ1n) is 5.45. The van der Waals surface area contributed by atoms with Crippen LogP contribution in [0.2, 0.25) is 0 Å². The van der Waals surface area contributed by atoms with Gasteiger partial charge < -0.3 is 4.90 Å². The molecule has 1 aliphatic rings. The van der Waals surface area contributed by atoms with Crippen LogP contribution in [0.15, 0.2) is 10.7 Å². The fourth-order valence-corrected chi connectivity index (χ4v) is 2.14. The average molecular weight is 270 g/mol. The second-order valence-electron chi connectivity index (χ2n) is 4.08. The standard InChI is InChI=1S/C11H16BrN3/c1-3-15(7-9-4-5-9)11-6-10(12)13-8(2)14-11/h6,9H,3-5,7H2,1-2H3. The van der Waals surface area contributed by atoms with E-state index in [2.05, 4.69) is 37.7 Å². The molecule has 0 aliphatic heterocycles. The summed E-state index contributed by atoms with van der Waals surface area (Å²) >= 11 is 3.41. The van der Waals surface area contributed by atoms with Gasteiger partial charge in [0, 0.05) is 19.2 Å². The lowest BCUT2D eigenvalue weighted by atomic mass is 10.3. The molecule has 3 nitrogen and oxygen atoms in total. The average Bonchev–Trinajstić information content (AvgIpc) is 2.96. The van der Waals surface area contributed by atoms with Crippen LogP contribution in [0, 0.1) is 12.8 Å². The van der Waals surface area contributed by atoms with Crippen LogP contribution >= 0.6 is 15.9 Å². The van der Waals surface area contributed by atoms with Crippen molar-refractivity contribution in [1.29, 1.82) is 0 Å². The maximum absolute atomic E-state index is 4.47. The predicted octanol–water partition coefficient (Wildman–Crippen LogP) is 2.78. The molecule has 0 spiro atoms. The van der Waals surface area contributed by atoms with Crippen LogP contribution in [0.5, 0.6) is 0 Å². The van der Waals surface area contributed by atoms with Crippen molar-refractivity contribution in [3.05, 3.63) is 16.5 Å². The van der Waals surface area contributed by atoms with Crippen LogP contribution in [0.1, 0.15) is 25.6 Å². The van der Waals surface area contributed by atoms with Crippen LogP contribution in [0.4, 0.5) is 5.82 Å². The highest BCUT2D eigenvalue weighted by molar-refractivity contribution is 9.10. The Morgan fingerprint density at radius 1 is 1.47 bits per heavy atom. The highest BCUT2D eigenvalue weighted by Gasteiger charge is 2.24. The smallest absolute Gasteiger partial charge is 0.133 e. The van der Waals surface area contributed by atoms with Crippen molar-refractivity contribution >= 4 is 21.7 Å². The summed E-state index contributed by atoms with van der Waals surface area (Å²) in [5.74, 6) is 2.76. The lowest BCUT2D eigenvalue weighted by molar-refractivity contribution is 0.727. The normalized spacial score (nSPS) is 15.4. The SMILES string of the molecule is CCN(CC1CC1)c1cc(Br)nc(C)n1. The Kier molecular flexibility index (Phi) is 3.24. The Hall–Kier alpha value is -0.640. The molecule has 1 heterocycles. The third-order valence-electron chi connectivity index (χ3n) is 2.67. The molecule has 0 atom stereocenters. The Labute approximate surface area is 99.0 Å². The van der Waals surface area contributed by atoms with Gasteiger partial charge in [-0.2, -0.15) is 0 Å². The Morgan fingerprint density at radius 3 is 2.73 bits per heavy atom. The minimum absolute atomic E-state index is 0.827. The third kappa shape index (κ3) is 2.91. The van der Waals surface area contributed by atoms with Crippen LogP contribution in [0.3, 0.4) is 0 Å². The van der Waals surface area contributed by atoms with Crippen molar-refractivity contribution in [3.8, 4) is 0 Å². The summed E-state index contributed by atoms with van der Waals surface area (Å²) in [6.07, 6.45) is 2.75. The quantitative estimate of drug-likeness (QED) is 0.788. The second-order valence-corrected chi connectivity index (χ2v) is 4.89. The number of hydrogen-bond donors (Lipinski definition) is 0. The Balaban J connectivity index is 2.16. The molecule has 1 aromatic rings. The first-order valence-corrected chi connectivity index (χ1v) is 6.24. The van der Waals surface area contributed by atoms with Gasteiger partial charge in [0.15, 0.2) is 0 Å². The molecule has 0 N–H and O–H groups in total. The van der Waals surface area contributed by atoms with E-state index < -0.39 is 0 Å². The van der Waals surface area contributed by atoms with Gasteiger partial charge >= 0.3 is 0 Å². The predicted molar refractivity (Wildman–Crippen MR) is 65.1 cm³/mol. The molecular weight excluding hydrogens is 254 g/mol. The molecule has 0 radical (unpaired) electrons. The Morgan fingerprint density at radius 2 is 2.20 bits per heavy atom. The van der Waals surface area contributed by atoms with Crippen molar-refractivity contribution in [2.75, 3.05) is 18.0 Å². The van der Waals surface area contributed by atoms with Gasteiger partial charge in [-0.15, -0.1) is 0 Å². The molecule has 0 saturated heterocycles. The van der Waals surface area contributed by atoms with Crippen LogP contribution < -0.4 is 4.90 Å². The summed E-state index contributed by atoms with van der Waals surface area (Å²) in [6.45, 7) is 6.26. The van der Waals surface area contributed by atoms with Gasteiger partial charge in [0.2, 0.25) is 0 Å². The van der Waals surface area contributed by atoms with E-state index in [1.54, 1.807) is 0 Å². The lowest BCUT2D eigenvalue weighted by Gasteiger charge is -2.22. The lowest BCUT2D eigenvalue weighted by Crippen LogP contribution is -2.26. The summed E-state index contributed by atoms with van der Waals surface area (Å²) in [7, 11) is 0. The van der Waals surface area contributed by atoms with Gasteiger partial charge in [-0.05, 0) is 48.5 Å². The van der Waals surface area contributed by atoms with E-state index in [1.165, 1.54) is 12.8 Å². The highest BCUT2D eigenvalue weighted by Crippen LogP contribution is 2.31. The van der Waals surface area contributed by atoms with Gasteiger partial charge in [0.25, 0.3) is 0 Å². The number of anilines is 1. The molecule has 2 rings (SSSR count). The summed E-state index contributed by atoms with van der Waals surface area (Å²) in [5, 5.41) is 0. The van der Waals surface area contributed by atoms with E-state index in [1.807, 2.05) is 13.0 Å². The summed E-state index contributed by atoms with van der Waals surface area (Å²) < 4.78 is 0.874. The van der Waals surface area contributed by atoms with Gasteiger partial charge in [-0.3, -0.25) is 0 Å². The molecule has 82 valence electrons. The first kappa shape index (κ1) is 10.9. The van der Waals surface area contributed by atoms with E-state index in [0.717, 1.165) is 35.3 Å². The number of halogens is 1. The minimum Gasteiger partial charge on any atom is -0.356 e. The second kappa shape index (κ2) is 4.47. The van der Waals surface area contributed by atoms with E-state index in [0.29, 0.717) is 0 Å². The van der Waals surface area contributed by atoms with Crippen LogP contribution in [-0.4, -0.2) is 23.1 Å². The first-order chi connectivity index (χ1) is 7.19. The minimum atomic E-state index is 0.827. The molecule has 0 aromatic carbocycles. The van der Waals surface area contributed by atoms with Crippen LogP contribution in [0.25, 0.3) is 0 Å². The molecule has 1 aliphatic carbocycles. The largest absolute Gasteiger partial charge is 0.356 e. The molecule has 1 saturated carbocycles. The zero-order valence-electron chi connectivity index (χ0n) is 9.20. The number of aromatic nitrogens is 2. The zero-order valence-corrected chi connectivity index (χ0v) is 10.8. The summed E-state index contributed by atoms with van der Waals surface area (Å²) in [4.78, 5) is 11.0. The number of aryl methyl sites for hydroxylation is 1. The van der Waals surface area contributed by atoms with E-state index >= 15 is 0 Å². The van der Waals surface area contributed by atoms with Crippen LogP contribution in [-0.2, 0) is 0 Å². The summed E-state index contributed by atoms with van der Waals surface area (Å²) in [5.41, 5.74) is 0. The van der Waals surface area contributed by atoms with E-state index in [-0.39, 0.29) is 0 Å². The number of rotatable bonds is 4. The van der Waals surface area contributed by atoms with Crippen molar-refractivity contribution in [2.45, 2.75) is 26.7 Å². The van der Waals surface area contributed by atoms with E-state index in [9.17, 15) is 0 Å². The van der Waals surface area contributed by atoms with Gasteiger partial charge in [-0.1, -0.05) is 0 Å². The zero-order chi connectivity index (χ0) is 10.8. The molecular formula is C11H16BrN3. The summed E-state index contributed by atoms with van der Waals surface area (Å²) in [6, 6.07) is 2.00. The molecule has 1 aromatic heterocycles. The fourth-order valence-electron chi connectivity index (χ4n) is 1.68. The number of hydrogen-bond acceptors (Lipinski definition) is 3. The molecule has 0 amide bonds. The van der Waals surface area contributed by atoms with Crippen molar-refractivity contribution in [1.82, 2.24) is 9.97 Å². The molecule has 4 heteroatoms. The maximum atomic E-state index is 4.47. The third-order valence-corrected chi connectivity index (χ3v) is 3.08. The molecule has 1 fully saturated rings. The molecule has 15 heavy (non-hydrogen) atoms. The fraction of sp³-hybridized carbons (Fsp3) is 0.636. The monoisotopic (exact) mass is 269 g/mol. The maximum Gasteiger partial charge on any atom is 0.133 e. The van der Waals surface area contributed by atoms with Gasteiger partial charge in [0.1, 0.15) is 16.2 Å². The van der Waals surface area contributed by atoms with Crippen molar-refractivity contribution < 1.29 is 0 Å². The highest BCUT2D eigenvalue weighted by atomic mass is 79.9. The molecule has 0 unspecified atom stereocenters. The van der Waals surface area contributed by atoms with Crippen molar-refractivity contribution in [2.24, 2.45) is 5.92 Å². The van der Waals surface area contributed by atoms with E-state index in [4.69, 9.17) is 0 Å². The Bertz CT molecular complexity index is 329.